The Morgan fingerprint density at radius 1 is 1.32 bits per heavy atom. The highest BCUT2D eigenvalue weighted by atomic mass is 79.9. The molecule has 0 radical (unpaired) electrons. The maximum absolute atomic E-state index is 6.12. The molecule has 1 aromatic carbocycles. The summed E-state index contributed by atoms with van der Waals surface area (Å²) in [5, 5.41) is 3.88. The molecule has 0 saturated carbocycles. The van der Waals surface area contributed by atoms with Crippen molar-refractivity contribution in [3.05, 3.63) is 51.7 Å². The summed E-state index contributed by atoms with van der Waals surface area (Å²) < 4.78 is 6.36. The van der Waals surface area contributed by atoms with Crippen LogP contribution in [0.15, 0.2) is 41.0 Å². The average Bonchev–Trinajstić information content (AvgIpc) is 2.41. The third-order valence-electron chi connectivity index (χ3n) is 2.49. The third kappa shape index (κ3) is 4.11. The Bertz CT molecular complexity index is 546. The first-order valence-electron chi connectivity index (χ1n) is 5.95. The van der Waals surface area contributed by atoms with Crippen LogP contribution < -0.4 is 10.1 Å². The van der Waals surface area contributed by atoms with Gasteiger partial charge in [-0.2, -0.15) is 0 Å². The summed E-state index contributed by atoms with van der Waals surface area (Å²) in [6.07, 6.45) is 1.78. The number of benzene rings is 1. The number of halogens is 2. The number of hydrogen-bond donors (Lipinski definition) is 1. The van der Waals surface area contributed by atoms with Gasteiger partial charge in [-0.3, -0.25) is 4.98 Å². The number of anilines is 1. The first-order valence-corrected chi connectivity index (χ1v) is 7.13. The van der Waals surface area contributed by atoms with Crippen molar-refractivity contribution in [1.82, 2.24) is 4.98 Å². The normalized spacial score (nSPS) is 10.3. The highest BCUT2D eigenvalue weighted by Crippen LogP contribution is 2.27. The molecule has 0 spiro atoms. The van der Waals surface area contributed by atoms with Crippen molar-refractivity contribution in [2.45, 2.75) is 13.5 Å². The van der Waals surface area contributed by atoms with Gasteiger partial charge in [-0.05, 0) is 53.2 Å². The van der Waals surface area contributed by atoms with Crippen molar-refractivity contribution in [1.29, 1.82) is 0 Å². The van der Waals surface area contributed by atoms with Crippen molar-refractivity contribution in [3.63, 3.8) is 0 Å². The van der Waals surface area contributed by atoms with Gasteiger partial charge in [0.2, 0.25) is 0 Å². The molecule has 0 atom stereocenters. The standard InChI is InChI=1S/C14H14BrClN2O/c1-2-19-14-6-5-11(7-13(14)16)18-9-12-4-3-10(15)8-17-12/h3-8,18H,2,9H2,1H3. The smallest absolute Gasteiger partial charge is 0.138 e. The Balaban J connectivity index is 1.99. The van der Waals surface area contributed by atoms with E-state index in [4.69, 9.17) is 16.3 Å². The molecule has 2 rings (SSSR count). The Kier molecular flexibility index (Phi) is 5.05. The number of hydrogen-bond acceptors (Lipinski definition) is 3. The van der Waals surface area contributed by atoms with E-state index in [2.05, 4.69) is 26.2 Å². The van der Waals surface area contributed by atoms with Crippen molar-refractivity contribution in [3.8, 4) is 5.75 Å². The predicted molar refractivity (Wildman–Crippen MR) is 81.9 cm³/mol. The molecule has 1 N–H and O–H groups in total. The second-order valence-electron chi connectivity index (χ2n) is 3.90. The Hall–Kier alpha value is -1.26. The minimum Gasteiger partial charge on any atom is -0.492 e. The van der Waals surface area contributed by atoms with Crippen LogP contribution in [-0.4, -0.2) is 11.6 Å². The number of rotatable bonds is 5. The van der Waals surface area contributed by atoms with Crippen molar-refractivity contribution in [2.24, 2.45) is 0 Å². The van der Waals surface area contributed by atoms with Crippen LogP contribution in [0, 0.1) is 0 Å². The quantitative estimate of drug-likeness (QED) is 0.869. The summed E-state index contributed by atoms with van der Waals surface area (Å²) in [7, 11) is 0. The van der Waals surface area contributed by atoms with Crippen LogP contribution >= 0.6 is 27.5 Å². The zero-order valence-electron chi connectivity index (χ0n) is 10.5. The van der Waals surface area contributed by atoms with E-state index in [1.54, 1.807) is 6.20 Å². The summed E-state index contributed by atoms with van der Waals surface area (Å²) in [6, 6.07) is 9.59. The molecule has 0 saturated heterocycles. The van der Waals surface area contributed by atoms with Crippen LogP contribution in [0.25, 0.3) is 0 Å². The van der Waals surface area contributed by atoms with Gasteiger partial charge < -0.3 is 10.1 Å². The van der Waals surface area contributed by atoms with Gasteiger partial charge in [-0.25, -0.2) is 0 Å². The van der Waals surface area contributed by atoms with Crippen LogP contribution in [0.5, 0.6) is 5.75 Å². The van der Waals surface area contributed by atoms with E-state index in [1.807, 2.05) is 37.3 Å². The van der Waals surface area contributed by atoms with Crippen molar-refractivity contribution >= 4 is 33.2 Å². The van der Waals surface area contributed by atoms with Gasteiger partial charge in [-0.1, -0.05) is 11.6 Å². The van der Waals surface area contributed by atoms with Gasteiger partial charge in [0.25, 0.3) is 0 Å². The van der Waals surface area contributed by atoms with E-state index < -0.39 is 0 Å². The van der Waals surface area contributed by atoms with Gasteiger partial charge in [-0.15, -0.1) is 0 Å². The molecule has 0 aliphatic rings. The zero-order chi connectivity index (χ0) is 13.7. The number of ether oxygens (including phenoxy) is 1. The lowest BCUT2D eigenvalue weighted by atomic mass is 10.3. The van der Waals surface area contributed by atoms with E-state index in [9.17, 15) is 0 Å². The Labute approximate surface area is 126 Å². The summed E-state index contributed by atoms with van der Waals surface area (Å²) in [5.41, 5.74) is 1.91. The van der Waals surface area contributed by atoms with E-state index in [-0.39, 0.29) is 0 Å². The molecule has 19 heavy (non-hydrogen) atoms. The fraction of sp³-hybridized carbons (Fsp3) is 0.214. The molecule has 3 nitrogen and oxygen atoms in total. The lowest BCUT2D eigenvalue weighted by Crippen LogP contribution is -2.01. The van der Waals surface area contributed by atoms with Crippen molar-refractivity contribution in [2.75, 3.05) is 11.9 Å². The largest absolute Gasteiger partial charge is 0.492 e. The minimum absolute atomic E-state index is 0.606. The average molecular weight is 342 g/mol. The molecule has 100 valence electrons. The fourth-order valence-corrected chi connectivity index (χ4v) is 2.06. The second kappa shape index (κ2) is 6.78. The van der Waals surface area contributed by atoms with Gasteiger partial charge in [0.15, 0.2) is 0 Å². The summed E-state index contributed by atoms with van der Waals surface area (Å²) in [6.45, 7) is 3.19. The van der Waals surface area contributed by atoms with Crippen LogP contribution in [0.1, 0.15) is 12.6 Å². The SMILES string of the molecule is CCOc1ccc(NCc2ccc(Br)cn2)cc1Cl. The van der Waals surface area contributed by atoms with Gasteiger partial charge in [0, 0.05) is 16.4 Å². The Morgan fingerprint density at radius 3 is 2.79 bits per heavy atom. The lowest BCUT2D eigenvalue weighted by molar-refractivity contribution is 0.340. The van der Waals surface area contributed by atoms with Gasteiger partial charge >= 0.3 is 0 Å². The molecule has 0 amide bonds. The molecule has 0 aliphatic carbocycles. The Morgan fingerprint density at radius 2 is 2.16 bits per heavy atom. The van der Waals surface area contributed by atoms with E-state index >= 15 is 0 Å². The summed E-state index contributed by atoms with van der Waals surface area (Å²) in [4.78, 5) is 4.30. The summed E-state index contributed by atoms with van der Waals surface area (Å²) >= 11 is 9.48. The molecular formula is C14H14BrClN2O. The number of aromatic nitrogens is 1. The zero-order valence-corrected chi connectivity index (χ0v) is 12.8. The molecular weight excluding hydrogens is 328 g/mol. The highest BCUT2D eigenvalue weighted by Gasteiger charge is 2.02. The fourth-order valence-electron chi connectivity index (χ4n) is 1.59. The van der Waals surface area contributed by atoms with Gasteiger partial charge in [0.1, 0.15) is 5.75 Å². The minimum atomic E-state index is 0.606. The van der Waals surface area contributed by atoms with Crippen LogP contribution in [0.4, 0.5) is 5.69 Å². The predicted octanol–water partition coefficient (Wildman–Crippen LogP) is 4.51. The maximum Gasteiger partial charge on any atom is 0.138 e. The van der Waals surface area contributed by atoms with Crippen LogP contribution in [0.3, 0.4) is 0 Å². The van der Waals surface area contributed by atoms with Gasteiger partial charge in [0.05, 0.1) is 23.9 Å². The maximum atomic E-state index is 6.12. The molecule has 1 heterocycles. The molecule has 5 heteroatoms. The van der Waals surface area contributed by atoms with E-state index in [1.165, 1.54) is 0 Å². The lowest BCUT2D eigenvalue weighted by Gasteiger charge is -2.09. The second-order valence-corrected chi connectivity index (χ2v) is 5.22. The molecule has 0 aliphatic heterocycles. The van der Waals surface area contributed by atoms with Crippen LogP contribution in [-0.2, 0) is 6.54 Å². The van der Waals surface area contributed by atoms with Crippen LogP contribution in [0.2, 0.25) is 5.02 Å². The molecule has 0 unspecified atom stereocenters. The molecule has 2 aromatic rings. The van der Waals surface area contributed by atoms with E-state index in [0.29, 0.717) is 23.9 Å². The first kappa shape index (κ1) is 14.2. The van der Waals surface area contributed by atoms with E-state index in [0.717, 1.165) is 15.9 Å². The molecule has 1 aromatic heterocycles. The molecule has 0 fully saturated rings. The topological polar surface area (TPSA) is 34.1 Å². The first-order chi connectivity index (χ1) is 9.19. The highest BCUT2D eigenvalue weighted by molar-refractivity contribution is 9.10. The molecule has 0 bridgehead atoms. The number of nitrogens with zero attached hydrogens (tertiary/aromatic N) is 1. The van der Waals surface area contributed by atoms with Crippen molar-refractivity contribution < 1.29 is 4.74 Å². The number of pyridine rings is 1. The monoisotopic (exact) mass is 340 g/mol. The number of nitrogens with one attached hydrogen (secondary N) is 1. The third-order valence-corrected chi connectivity index (χ3v) is 3.26. The summed E-state index contributed by atoms with van der Waals surface area (Å²) in [5.74, 6) is 0.705.